The fourth-order valence-corrected chi connectivity index (χ4v) is 3.51. The molecule has 0 unspecified atom stereocenters. The second-order valence-electron chi connectivity index (χ2n) is 6.68. The smallest absolute Gasteiger partial charge is 0.275 e. The molecule has 2 N–H and O–H groups in total. The second kappa shape index (κ2) is 6.28. The lowest BCUT2D eigenvalue weighted by Gasteiger charge is -2.36. The number of nitrogens with one attached hydrogen (secondary N) is 1. The van der Waals surface area contributed by atoms with E-state index in [2.05, 4.69) is 10.5 Å². The van der Waals surface area contributed by atoms with E-state index in [0.717, 1.165) is 11.1 Å². The summed E-state index contributed by atoms with van der Waals surface area (Å²) in [5, 5.41) is 17.9. The van der Waals surface area contributed by atoms with E-state index in [4.69, 9.17) is 14.3 Å². The van der Waals surface area contributed by atoms with Crippen molar-refractivity contribution in [2.45, 2.75) is 25.0 Å². The fourth-order valence-electron chi connectivity index (χ4n) is 3.51. The lowest BCUT2D eigenvalue weighted by atomic mass is 9.81. The van der Waals surface area contributed by atoms with Gasteiger partial charge in [-0.1, -0.05) is 41.1 Å². The summed E-state index contributed by atoms with van der Waals surface area (Å²) in [6, 6.07) is 11.1. The van der Waals surface area contributed by atoms with Gasteiger partial charge in [-0.3, -0.25) is 4.79 Å². The molecule has 0 radical (unpaired) electrons. The highest BCUT2D eigenvalue weighted by Crippen LogP contribution is 2.49. The van der Waals surface area contributed by atoms with Crippen LogP contribution in [-0.2, 0) is 9.63 Å². The van der Waals surface area contributed by atoms with Gasteiger partial charge >= 0.3 is 0 Å². The quantitative estimate of drug-likeness (QED) is 0.869. The SMILES string of the molecule is COc1ccc2c(c1OC)NC(=O)[C@@]1(CC(c3ccc(C)cc3)=NO1)[C@@H]2O. The van der Waals surface area contributed by atoms with E-state index in [1.807, 2.05) is 31.2 Å². The molecule has 1 amide bonds. The zero-order chi connectivity index (χ0) is 19.2. The number of fused-ring (bicyclic) bond motifs is 1. The number of hydrogen-bond donors (Lipinski definition) is 2. The highest BCUT2D eigenvalue weighted by atomic mass is 16.7. The number of nitrogens with zero attached hydrogens (tertiary/aromatic N) is 1. The Labute approximate surface area is 156 Å². The molecule has 2 atom stereocenters. The van der Waals surface area contributed by atoms with Crippen LogP contribution in [0.25, 0.3) is 0 Å². The van der Waals surface area contributed by atoms with Crippen LogP contribution >= 0.6 is 0 Å². The van der Waals surface area contributed by atoms with Gasteiger partial charge in [0.05, 0.1) is 25.6 Å². The normalized spacial score (nSPS) is 23.3. The van der Waals surface area contributed by atoms with E-state index in [-0.39, 0.29) is 6.42 Å². The van der Waals surface area contributed by atoms with Crippen LogP contribution in [0.2, 0.25) is 0 Å². The van der Waals surface area contributed by atoms with Gasteiger partial charge in [0.2, 0.25) is 0 Å². The molecule has 2 aliphatic rings. The van der Waals surface area contributed by atoms with Crippen LogP contribution in [0.3, 0.4) is 0 Å². The maximum atomic E-state index is 12.9. The molecule has 0 fully saturated rings. The van der Waals surface area contributed by atoms with E-state index in [9.17, 15) is 9.90 Å². The van der Waals surface area contributed by atoms with E-state index in [0.29, 0.717) is 28.5 Å². The number of carbonyl (C=O) groups is 1. The van der Waals surface area contributed by atoms with E-state index in [1.54, 1.807) is 12.1 Å². The molecule has 2 aliphatic heterocycles. The molecule has 2 heterocycles. The van der Waals surface area contributed by atoms with Crippen LogP contribution in [0, 0.1) is 6.92 Å². The fraction of sp³-hybridized carbons (Fsp3) is 0.300. The van der Waals surface area contributed by atoms with Gasteiger partial charge in [-0.2, -0.15) is 0 Å². The number of amides is 1. The Hall–Kier alpha value is -3.06. The predicted molar refractivity (Wildman–Crippen MR) is 99.3 cm³/mol. The van der Waals surface area contributed by atoms with Crippen LogP contribution < -0.4 is 14.8 Å². The number of ether oxygens (including phenoxy) is 2. The van der Waals surface area contributed by atoms with Crippen molar-refractivity contribution >= 4 is 17.3 Å². The Morgan fingerprint density at radius 1 is 1.19 bits per heavy atom. The molecule has 0 bridgehead atoms. The Kier molecular flexibility index (Phi) is 4.04. The number of aryl methyl sites for hydroxylation is 1. The summed E-state index contributed by atoms with van der Waals surface area (Å²) in [5.74, 6) is 0.346. The number of hydrogen-bond acceptors (Lipinski definition) is 6. The monoisotopic (exact) mass is 368 g/mol. The van der Waals surface area contributed by atoms with Crippen molar-refractivity contribution in [3.63, 3.8) is 0 Å². The molecule has 7 nitrogen and oxygen atoms in total. The number of carbonyl (C=O) groups excluding carboxylic acids is 1. The van der Waals surface area contributed by atoms with Gasteiger partial charge in [0.15, 0.2) is 11.5 Å². The molecule has 0 saturated heterocycles. The van der Waals surface area contributed by atoms with Crippen LogP contribution in [0.15, 0.2) is 41.6 Å². The Bertz CT molecular complexity index is 938. The lowest BCUT2D eigenvalue weighted by molar-refractivity contribution is -0.156. The Morgan fingerprint density at radius 2 is 1.93 bits per heavy atom. The zero-order valence-electron chi connectivity index (χ0n) is 15.3. The van der Waals surface area contributed by atoms with Gasteiger partial charge in [0, 0.05) is 12.0 Å². The molecule has 1 spiro atoms. The second-order valence-corrected chi connectivity index (χ2v) is 6.68. The molecular formula is C20H20N2O5. The summed E-state index contributed by atoms with van der Waals surface area (Å²) in [6.45, 7) is 2.00. The highest BCUT2D eigenvalue weighted by Gasteiger charge is 2.57. The minimum absolute atomic E-state index is 0.164. The predicted octanol–water partition coefficient (Wildman–Crippen LogP) is 2.56. The first-order valence-corrected chi connectivity index (χ1v) is 8.56. The van der Waals surface area contributed by atoms with Crippen molar-refractivity contribution in [3.05, 3.63) is 53.1 Å². The maximum Gasteiger partial charge on any atom is 0.275 e. The minimum atomic E-state index is -1.51. The van der Waals surface area contributed by atoms with Crippen molar-refractivity contribution < 1.29 is 24.2 Å². The summed E-state index contributed by atoms with van der Waals surface area (Å²) >= 11 is 0. The first kappa shape index (κ1) is 17.4. The number of rotatable bonds is 3. The third-order valence-corrected chi connectivity index (χ3v) is 5.07. The number of anilines is 1. The first-order valence-electron chi connectivity index (χ1n) is 8.56. The van der Waals surface area contributed by atoms with Crippen molar-refractivity contribution in [1.29, 1.82) is 0 Å². The van der Waals surface area contributed by atoms with Gasteiger partial charge in [0.1, 0.15) is 6.10 Å². The average molecular weight is 368 g/mol. The maximum absolute atomic E-state index is 12.9. The van der Waals surface area contributed by atoms with Crippen LogP contribution in [0.5, 0.6) is 11.5 Å². The molecule has 2 aromatic carbocycles. The van der Waals surface area contributed by atoms with Gasteiger partial charge < -0.3 is 24.7 Å². The highest BCUT2D eigenvalue weighted by molar-refractivity contribution is 6.10. The van der Waals surface area contributed by atoms with E-state index in [1.165, 1.54) is 14.2 Å². The summed E-state index contributed by atoms with van der Waals surface area (Å²) in [4.78, 5) is 18.5. The topological polar surface area (TPSA) is 89.4 Å². The third kappa shape index (κ3) is 2.54. The van der Waals surface area contributed by atoms with Gasteiger partial charge in [-0.15, -0.1) is 0 Å². The number of methoxy groups -OCH3 is 2. The number of oxime groups is 1. The zero-order valence-corrected chi connectivity index (χ0v) is 15.3. The molecule has 140 valence electrons. The van der Waals surface area contributed by atoms with Gasteiger partial charge in [-0.25, -0.2) is 0 Å². The van der Waals surface area contributed by atoms with Crippen LogP contribution in [0.1, 0.15) is 29.2 Å². The van der Waals surface area contributed by atoms with Crippen molar-refractivity contribution in [3.8, 4) is 11.5 Å². The Morgan fingerprint density at radius 3 is 2.59 bits per heavy atom. The Balaban J connectivity index is 1.71. The van der Waals surface area contributed by atoms with Crippen LogP contribution in [-0.4, -0.2) is 36.5 Å². The summed E-state index contributed by atoms with van der Waals surface area (Å²) in [5.41, 5.74) is 1.97. The summed E-state index contributed by atoms with van der Waals surface area (Å²) in [6.07, 6.45) is -1.04. The molecule has 27 heavy (non-hydrogen) atoms. The summed E-state index contributed by atoms with van der Waals surface area (Å²) in [7, 11) is 2.99. The number of benzene rings is 2. The number of aliphatic hydroxyl groups excluding tert-OH is 1. The molecule has 0 saturated carbocycles. The van der Waals surface area contributed by atoms with E-state index < -0.39 is 17.6 Å². The molecule has 4 rings (SSSR count). The summed E-state index contributed by atoms with van der Waals surface area (Å²) < 4.78 is 10.6. The standard InChI is InChI=1S/C20H20N2O5/c1-11-4-6-12(7-5-11)14-10-20(27-22-14)18(23)13-8-9-15(25-2)17(26-3)16(13)21-19(20)24/h4-9,18,23H,10H2,1-3H3,(H,21,24)/t18-,20-/m1/s1. The minimum Gasteiger partial charge on any atom is -0.493 e. The largest absolute Gasteiger partial charge is 0.493 e. The number of aliphatic hydroxyl groups is 1. The first-order chi connectivity index (χ1) is 13.0. The molecule has 0 aromatic heterocycles. The molecule has 2 aromatic rings. The molecular weight excluding hydrogens is 348 g/mol. The van der Waals surface area contributed by atoms with Crippen molar-refractivity contribution in [2.24, 2.45) is 5.16 Å². The molecule has 0 aliphatic carbocycles. The van der Waals surface area contributed by atoms with Crippen molar-refractivity contribution in [2.75, 3.05) is 19.5 Å². The van der Waals surface area contributed by atoms with Crippen LogP contribution in [0.4, 0.5) is 5.69 Å². The van der Waals surface area contributed by atoms with Gasteiger partial charge in [-0.05, 0) is 18.6 Å². The molecule has 7 heteroatoms. The average Bonchev–Trinajstić information content (AvgIpc) is 3.13. The third-order valence-electron chi connectivity index (χ3n) is 5.07. The van der Waals surface area contributed by atoms with Crippen molar-refractivity contribution in [1.82, 2.24) is 0 Å². The van der Waals surface area contributed by atoms with Gasteiger partial charge in [0.25, 0.3) is 11.5 Å². The lowest BCUT2D eigenvalue weighted by Crippen LogP contribution is -2.51. The van der Waals surface area contributed by atoms with E-state index >= 15 is 0 Å².